The third-order valence-electron chi connectivity index (χ3n) is 3.59. The monoisotopic (exact) mass is 237 g/mol. The summed E-state index contributed by atoms with van der Waals surface area (Å²) in [6.07, 6.45) is 9.40. The van der Waals surface area contributed by atoms with Crippen LogP contribution < -0.4 is 5.73 Å². The molecule has 1 aromatic heterocycles. The van der Waals surface area contributed by atoms with Gasteiger partial charge in [-0.1, -0.05) is 11.8 Å². The van der Waals surface area contributed by atoms with Crippen LogP contribution in [-0.2, 0) is 13.0 Å². The molecule has 1 saturated carbocycles. The second-order valence-corrected chi connectivity index (χ2v) is 6.19. The van der Waals surface area contributed by atoms with Crippen molar-refractivity contribution >= 4 is 11.8 Å². The van der Waals surface area contributed by atoms with Gasteiger partial charge in [0.05, 0.1) is 5.69 Å². The highest BCUT2D eigenvalue weighted by Crippen LogP contribution is 2.36. The highest BCUT2D eigenvalue weighted by atomic mass is 32.2. The Bertz CT molecular complexity index is 358. The molecule has 1 aliphatic carbocycles. The Morgan fingerprint density at radius 3 is 3.12 bits per heavy atom. The Balaban J connectivity index is 1.66. The lowest BCUT2D eigenvalue weighted by molar-refractivity contribution is 0.600. The fourth-order valence-electron chi connectivity index (χ4n) is 2.18. The number of nitrogens with two attached hydrogens (primary N) is 1. The Labute approximate surface area is 101 Å². The molecule has 0 radical (unpaired) electrons. The zero-order valence-corrected chi connectivity index (χ0v) is 10.4. The quantitative estimate of drug-likeness (QED) is 0.876. The van der Waals surface area contributed by atoms with E-state index in [1.165, 1.54) is 42.3 Å². The fourth-order valence-corrected chi connectivity index (χ4v) is 3.20. The second-order valence-electron chi connectivity index (χ2n) is 5.13. The molecule has 1 aromatic rings. The Hall–Kier alpha value is -0.480. The van der Waals surface area contributed by atoms with E-state index < -0.39 is 0 Å². The first-order valence-corrected chi connectivity index (χ1v) is 7.22. The van der Waals surface area contributed by atoms with E-state index in [9.17, 15) is 0 Å². The third-order valence-corrected chi connectivity index (χ3v) is 4.66. The van der Waals surface area contributed by atoms with E-state index in [0.29, 0.717) is 0 Å². The van der Waals surface area contributed by atoms with Crippen molar-refractivity contribution in [1.82, 2.24) is 9.55 Å². The molecule has 88 valence electrons. The van der Waals surface area contributed by atoms with Crippen LogP contribution in [0.1, 0.15) is 37.8 Å². The molecule has 0 unspecified atom stereocenters. The lowest BCUT2D eigenvalue weighted by Gasteiger charge is -2.05. The van der Waals surface area contributed by atoms with Crippen molar-refractivity contribution in [2.45, 2.75) is 55.8 Å². The highest BCUT2D eigenvalue weighted by molar-refractivity contribution is 7.99. The summed E-state index contributed by atoms with van der Waals surface area (Å²) in [4.78, 5) is 4.71. The number of rotatable bonds is 3. The molecule has 0 spiro atoms. The van der Waals surface area contributed by atoms with Crippen molar-refractivity contribution in [1.29, 1.82) is 0 Å². The van der Waals surface area contributed by atoms with Crippen LogP contribution in [-0.4, -0.2) is 20.8 Å². The molecule has 3 nitrogen and oxygen atoms in total. The van der Waals surface area contributed by atoms with Crippen molar-refractivity contribution in [2.24, 2.45) is 5.73 Å². The van der Waals surface area contributed by atoms with Crippen molar-refractivity contribution < 1.29 is 0 Å². The van der Waals surface area contributed by atoms with E-state index in [4.69, 9.17) is 10.7 Å². The summed E-state index contributed by atoms with van der Waals surface area (Å²) >= 11 is 1.90. The van der Waals surface area contributed by atoms with Crippen LogP contribution in [0.4, 0.5) is 0 Å². The molecule has 0 aromatic carbocycles. The average molecular weight is 237 g/mol. The maximum Gasteiger partial charge on any atom is 0.168 e. The summed E-state index contributed by atoms with van der Waals surface area (Å²) in [7, 11) is 0. The minimum absolute atomic E-state index is 0.161. The SMILES string of the molecule is NC1(CCc2cn3c(n2)SCCCC3)CC1. The summed E-state index contributed by atoms with van der Waals surface area (Å²) in [5.74, 6) is 1.22. The van der Waals surface area contributed by atoms with E-state index >= 15 is 0 Å². The van der Waals surface area contributed by atoms with Crippen LogP contribution in [0.3, 0.4) is 0 Å². The van der Waals surface area contributed by atoms with Gasteiger partial charge >= 0.3 is 0 Å². The fraction of sp³-hybridized carbons (Fsp3) is 0.750. The number of aryl methyl sites for hydroxylation is 2. The van der Waals surface area contributed by atoms with Gasteiger partial charge in [0, 0.05) is 24.0 Å². The van der Waals surface area contributed by atoms with E-state index in [1.54, 1.807) is 0 Å². The van der Waals surface area contributed by atoms with E-state index in [1.807, 2.05) is 11.8 Å². The summed E-state index contributed by atoms with van der Waals surface area (Å²) in [5, 5.41) is 1.22. The third kappa shape index (κ3) is 2.28. The minimum Gasteiger partial charge on any atom is -0.326 e. The van der Waals surface area contributed by atoms with E-state index in [0.717, 1.165) is 19.4 Å². The second kappa shape index (κ2) is 4.08. The van der Waals surface area contributed by atoms with Gasteiger partial charge in [0.1, 0.15) is 0 Å². The standard InChI is InChI=1S/C12H19N3S/c13-12(5-6-12)4-3-10-9-15-7-1-2-8-16-11(15)14-10/h9H,1-8,13H2. The van der Waals surface area contributed by atoms with E-state index in [2.05, 4.69) is 10.8 Å². The Morgan fingerprint density at radius 1 is 1.44 bits per heavy atom. The molecular formula is C12H19N3S. The van der Waals surface area contributed by atoms with Crippen LogP contribution in [0.15, 0.2) is 11.4 Å². The number of hydrogen-bond acceptors (Lipinski definition) is 3. The van der Waals surface area contributed by atoms with Gasteiger partial charge in [-0.15, -0.1) is 0 Å². The van der Waals surface area contributed by atoms with Crippen molar-refractivity contribution in [3.63, 3.8) is 0 Å². The molecule has 0 atom stereocenters. The average Bonchev–Trinajstić information content (AvgIpc) is 2.95. The molecule has 1 fully saturated rings. The highest BCUT2D eigenvalue weighted by Gasteiger charge is 2.37. The smallest absolute Gasteiger partial charge is 0.168 e. The maximum absolute atomic E-state index is 6.10. The number of imidazole rings is 1. The lowest BCUT2D eigenvalue weighted by atomic mass is 10.1. The number of hydrogen-bond donors (Lipinski definition) is 1. The Kier molecular flexibility index (Phi) is 2.72. The van der Waals surface area contributed by atoms with Crippen LogP contribution in [0.5, 0.6) is 0 Å². The largest absolute Gasteiger partial charge is 0.326 e. The van der Waals surface area contributed by atoms with Gasteiger partial charge in [0.25, 0.3) is 0 Å². The van der Waals surface area contributed by atoms with Gasteiger partial charge in [-0.25, -0.2) is 4.98 Å². The molecule has 2 N–H and O–H groups in total. The molecule has 2 aliphatic rings. The zero-order chi connectivity index (χ0) is 11.0. The first-order chi connectivity index (χ1) is 7.75. The lowest BCUT2D eigenvalue weighted by Crippen LogP contribution is -2.22. The van der Waals surface area contributed by atoms with Gasteiger partial charge < -0.3 is 10.3 Å². The summed E-state index contributed by atoms with van der Waals surface area (Å²) in [5.41, 5.74) is 7.50. The van der Waals surface area contributed by atoms with Gasteiger partial charge in [0.15, 0.2) is 5.16 Å². The molecule has 4 heteroatoms. The topological polar surface area (TPSA) is 43.8 Å². The zero-order valence-electron chi connectivity index (χ0n) is 9.61. The van der Waals surface area contributed by atoms with Crippen molar-refractivity contribution in [3.05, 3.63) is 11.9 Å². The van der Waals surface area contributed by atoms with Crippen LogP contribution >= 0.6 is 11.8 Å². The maximum atomic E-state index is 6.10. The van der Waals surface area contributed by atoms with Gasteiger partial charge in [-0.2, -0.15) is 0 Å². The first kappa shape index (κ1) is 10.7. The minimum atomic E-state index is 0.161. The van der Waals surface area contributed by atoms with Gasteiger partial charge in [-0.3, -0.25) is 0 Å². The first-order valence-electron chi connectivity index (χ1n) is 6.23. The molecule has 16 heavy (non-hydrogen) atoms. The molecule has 0 bridgehead atoms. The number of nitrogens with zero attached hydrogens (tertiary/aromatic N) is 2. The number of fused-ring (bicyclic) bond motifs is 1. The Morgan fingerprint density at radius 2 is 2.31 bits per heavy atom. The van der Waals surface area contributed by atoms with Crippen LogP contribution in [0, 0.1) is 0 Å². The predicted octanol–water partition coefficient (Wildman–Crippen LogP) is 2.19. The van der Waals surface area contributed by atoms with Crippen LogP contribution in [0.2, 0.25) is 0 Å². The predicted molar refractivity (Wildman–Crippen MR) is 66.7 cm³/mol. The normalized spacial score (nSPS) is 22.6. The summed E-state index contributed by atoms with van der Waals surface area (Å²) in [6.45, 7) is 1.14. The summed E-state index contributed by atoms with van der Waals surface area (Å²) in [6, 6.07) is 0. The van der Waals surface area contributed by atoms with Crippen LogP contribution in [0.25, 0.3) is 0 Å². The molecule has 2 heterocycles. The molecular weight excluding hydrogens is 218 g/mol. The van der Waals surface area contributed by atoms with E-state index in [-0.39, 0.29) is 5.54 Å². The van der Waals surface area contributed by atoms with Crippen molar-refractivity contribution in [3.8, 4) is 0 Å². The number of aromatic nitrogens is 2. The number of thioether (sulfide) groups is 1. The molecule has 0 amide bonds. The molecule has 3 rings (SSSR count). The summed E-state index contributed by atoms with van der Waals surface area (Å²) < 4.78 is 2.32. The van der Waals surface area contributed by atoms with Gasteiger partial charge in [-0.05, 0) is 38.5 Å². The molecule has 0 saturated heterocycles. The van der Waals surface area contributed by atoms with Gasteiger partial charge in [0.2, 0.25) is 0 Å². The van der Waals surface area contributed by atoms with Crippen molar-refractivity contribution in [2.75, 3.05) is 5.75 Å². The molecule has 1 aliphatic heterocycles.